The summed E-state index contributed by atoms with van der Waals surface area (Å²) in [6.07, 6.45) is 4.32. The average Bonchev–Trinajstić information content (AvgIpc) is 2.65. The molecule has 136 valence electrons. The molecule has 0 unspecified atom stereocenters. The van der Waals surface area contributed by atoms with Gasteiger partial charge in [0.1, 0.15) is 5.78 Å². The van der Waals surface area contributed by atoms with Crippen LogP contribution in [-0.2, 0) is 9.53 Å². The topological polar surface area (TPSA) is 43.4 Å². The summed E-state index contributed by atoms with van der Waals surface area (Å²) in [4.78, 5) is 23.2. The molecule has 26 heavy (non-hydrogen) atoms. The molecule has 1 aromatic rings. The minimum Gasteiger partial charge on any atom is -0.378 e. The summed E-state index contributed by atoms with van der Waals surface area (Å²) in [7, 11) is 0. The van der Waals surface area contributed by atoms with Crippen LogP contribution in [0.5, 0.6) is 0 Å². The lowest BCUT2D eigenvalue weighted by Crippen LogP contribution is -2.26. The summed E-state index contributed by atoms with van der Waals surface area (Å²) >= 11 is 0. The Labute approximate surface area is 154 Å². The first kappa shape index (κ1) is 18.5. The van der Waals surface area contributed by atoms with Crippen LogP contribution in [0.25, 0.3) is 0 Å². The van der Waals surface area contributed by atoms with Crippen molar-refractivity contribution in [3.63, 3.8) is 0 Å². The maximum Gasteiger partial charge on any atom is 0.165 e. The second-order valence-corrected chi connectivity index (χ2v) is 7.10. The van der Waals surface area contributed by atoms with Crippen LogP contribution in [0.2, 0.25) is 0 Å². The SMILES string of the molecule is CC(=O)CCOC1CCC(C(=O)c2ccccc2)CC1.c1cc2ccc1=2. The highest BCUT2D eigenvalue weighted by Crippen LogP contribution is 2.29. The molecular formula is C23H26O3. The van der Waals surface area contributed by atoms with E-state index in [9.17, 15) is 9.59 Å². The van der Waals surface area contributed by atoms with E-state index in [1.165, 1.54) is 10.4 Å². The number of carbonyl (C=O) groups excluding carboxylic acids is 2. The van der Waals surface area contributed by atoms with E-state index in [1.54, 1.807) is 6.92 Å². The Morgan fingerprint density at radius 2 is 1.46 bits per heavy atom. The molecule has 0 spiro atoms. The monoisotopic (exact) mass is 350 g/mol. The minimum atomic E-state index is 0.130. The van der Waals surface area contributed by atoms with Crippen LogP contribution in [0.4, 0.5) is 0 Å². The first-order valence-electron chi connectivity index (χ1n) is 9.44. The van der Waals surface area contributed by atoms with Crippen LogP contribution in [0.15, 0.2) is 54.6 Å². The van der Waals surface area contributed by atoms with Gasteiger partial charge in [-0.15, -0.1) is 0 Å². The van der Waals surface area contributed by atoms with Crippen molar-refractivity contribution in [3.05, 3.63) is 70.6 Å². The highest BCUT2D eigenvalue weighted by Gasteiger charge is 2.27. The first-order chi connectivity index (χ1) is 12.6. The van der Waals surface area contributed by atoms with E-state index >= 15 is 0 Å². The lowest BCUT2D eigenvalue weighted by molar-refractivity contribution is -0.118. The zero-order valence-electron chi connectivity index (χ0n) is 15.3. The fourth-order valence-electron chi connectivity index (χ4n) is 3.36. The number of ketones is 2. The molecule has 4 rings (SSSR count). The lowest BCUT2D eigenvalue weighted by Gasteiger charge is -2.27. The number of carbonyl (C=O) groups is 2. The van der Waals surface area contributed by atoms with Crippen molar-refractivity contribution in [2.45, 2.75) is 45.1 Å². The Morgan fingerprint density at radius 3 is 1.92 bits per heavy atom. The van der Waals surface area contributed by atoms with E-state index in [0.29, 0.717) is 13.0 Å². The van der Waals surface area contributed by atoms with E-state index in [-0.39, 0.29) is 23.6 Å². The van der Waals surface area contributed by atoms with Crippen LogP contribution in [0.1, 0.15) is 49.4 Å². The Balaban J connectivity index is 0.000000269. The Bertz CT molecular complexity index is 783. The van der Waals surface area contributed by atoms with Crippen LogP contribution in [0, 0.1) is 16.4 Å². The van der Waals surface area contributed by atoms with Gasteiger partial charge in [0, 0.05) is 17.9 Å². The van der Waals surface area contributed by atoms with Gasteiger partial charge >= 0.3 is 0 Å². The highest BCUT2D eigenvalue weighted by atomic mass is 16.5. The van der Waals surface area contributed by atoms with Gasteiger partial charge in [-0.2, -0.15) is 0 Å². The number of benzene rings is 2. The van der Waals surface area contributed by atoms with E-state index in [0.717, 1.165) is 31.2 Å². The zero-order chi connectivity index (χ0) is 18.4. The summed E-state index contributed by atoms with van der Waals surface area (Å²) in [5.74, 6) is 0.552. The standard InChI is InChI=1S/C17H22O3.C6H4/c1-13(18)11-12-20-16-9-7-15(8-10-16)17(19)14-5-3-2-4-6-14;1-2-6-4-3-5(1)6/h2-6,15-16H,7-12H2,1H3;1-4H. The molecule has 0 saturated heterocycles. The molecular weight excluding hydrogens is 324 g/mol. The number of Topliss-reactive ketones (excluding diaryl/α,β-unsaturated/α-hetero) is 2. The Hall–Kier alpha value is -2.26. The third-order valence-electron chi connectivity index (χ3n) is 5.13. The van der Waals surface area contributed by atoms with Crippen molar-refractivity contribution >= 4 is 11.6 Å². The molecule has 0 atom stereocenters. The zero-order valence-corrected chi connectivity index (χ0v) is 15.3. The van der Waals surface area contributed by atoms with Crippen molar-refractivity contribution in [1.29, 1.82) is 0 Å². The minimum absolute atomic E-state index is 0.130. The highest BCUT2D eigenvalue weighted by molar-refractivity contribution is 5.97. The van der Waals surface area contributed by atoms with Gasteiger partial charge in [0.15, 0.2) is 5.78 Å². The summed E-state index contributed by atoms with van der Waals surface area (Å²) in [5.41, 5.74) is 0.813. The van der Waals surface area contributed by atoms with Gasteiger partial charge < -0.3 is 4.74 Å². The summed E-state index contributed by atoms with van der Waals surface area (Å²) in [6.45, 7) is 2.09. The number of rotatable bonds is 6. The van der Waals surface area contributed by atoms with Crippen LogP contribution < -0.4 is 0 Å². The van der Waals surface area contributed by atoms with Crippen LogP contribution >= 0.6 is 0 Å². The molecule has 3 nitrogen and oxygen atoms in total. The molecule has 0 heterocycles. The summed E-state index contributed by atoms with van der Waals surface area (Å²) in [6, 6.07) is 18.0. The van der Waals surface area contributed by atoms with Gasteiger partial charge in [0.05, 0.1) is 12.7 Å². The van der Waals surface area contributed by atoms with Gasteiger partial charge in [-0.3, -0.25) is 9.59 Å². The van der Waals surface area contributed by atoms with Crippen molar-refractivity contribution in [2.24, 2.45) is 5.92 Å². The Kier molecular flexibility index (Phi) is 6.35. The normalized spacial score (nSPS) is 19.9. The molecule has 0 bridgehead atoms. The smallest absolute Gasteiger partial charge is 0.165 e. The second-order valence-electron chi connectivity index (χ2n) is 7.10. The van der Waals surface area contributed by atoms with E-state index in [4.69, 9.17) is 4.74 Å². The van der Waals surface area contributed by atoms with Crippen molar-refractivity contribution in [1.82, 2.24) is 0 Å². The molecule has 0 N–H and O–H groups in total. The van der Waals surface area contributed by atoms with Crippen LogP contribution in [0.3, 0.4) is 0 Å². The van der Waals surface area contributed by atoms with Crippen molar-refractivity contribution in [3.8, 4) is 0 Å². The van der Waals surface area contributed by atoms with Gasteiger partial charge in [-0.25, -0.2) is 0 Å². The molecule has 0 aliphatic heterocycles. The van der Waals surface area contributed by atoms with Crippen molar-refractivity contribution < 1.29 is 14.3 Å². The van der Waals surface area contributed by atoms with Gasteiger partial charge in [-0.1, -0.05) is 54.6 Å². The quantitative estimate of drug-likeness (QED) is 0.605. The average molecular weight is 350 g/mol. The van der Waals surface area contributed by atoms with E-state index < -0.39 is 0 Å². The predicted molar refractivity (Wildman–Crippen MR) is 102 cm³/mol. The first-order valence-corrected chi connectivity index (χ1v) is 9.44. The molecule has 0 aromatic heterocycles. The van der Waals surface area contributed by atoms with Gasteiger partial charge in [0.2, 0.25) is 0 Å². The summed E-state index contributed by atoms with van der Waals surface area (Å²) in [5, 5.41) is 2.85. The van der Waals surface area contributed by atoms with E-state index in [2.05, 4.69) is 24.3 Å². The molecule has 3 aliphatic carbocycles. The molecule has 0 amide bonds. The Morgan fingerprint density at radius 1 is 0.885 bits per heavy atom. The van der Waals surface area contributed by atoms with Crippen molar-refractivity contribution in [2.75, 3.05) is 6.61 Å². The fourth-order valence-corrected chi connectivity index (χ4v) is 3.36. The van der Waals surface area contributed by atoms with Crippen LogP contribution in [-0.4, -0.2) is 24.3 Å². The summed E-state index contributed by atoms with van der Waals surface area (Å²) < 4.78 is 5.70. The van der Waals surface area contributed by atoms with E-state index in [1.807, 2.05) is 30.3 Å². The number of hydrogen-bond acceptors (Lipinski definition) is 3. The van der Waals surface area contributed by atoms with Gasteiger partial charge in [0.25, 0.3) is 0 Å². The third kappa shape index (κ3) is 4.89. The molecule has 3 heteroatoms. The maximum absolute atomic E-state index is 12.3. The lowest BCUT2D eigenvalue weighted by atomic mass is 9.82. The third-order valence-corrected chi connectivity index (χ3v) is 5.13. The molecule has 0 radical (unpaired) electrons. The fraction of sp³-hybridized carbons (Fsp3) is 0.391. The number of ether oxygens (including phenoxy) is 1. The number of hydrogen-bond donors (Lipinski definition) is 0. The predicted octanol–water partition coefficient (Wildman–Crippen LogP) is 4.71. The molecule has 1 fully saturated rings. The largest absolute Gasteiger partial charge is 0.378 e. The molecule has 1 aromatic carbocycles. The maximum atomic E-state index is 12.3. The molecule has 3 aliphatic rings. The molecule has 1 saturated carbocycles. The second kappa shape index (κ2) is 8.91. The van der Waals surface area contributed by atoms with Gasteiger partial charge in [-0.05, 0) is 43.0 Å².